The van der Waals surface area contributed by atoms with Crippen LogP contribution in [-0.2, 0) is 33.9 Å². The number of amides is 5. The molecule has 8 rings (SSSR count). The summed E-state index contributed by atoms with van der Waals surface area (Å²) in [4.78, 5) is 69.1. The van der Waals surface area contributed by atoms with Gasteiger partial charge < -0.3 is 4.90 Å². The van der Waals surface area contributed by atoms with E-state index in [9.17, 15) is 29.2 Å². The highest BCUT2D eigenvalue weighted by Crippen LogP contribution is 2.32. The van der Waals surface area contributed by atoms with Crippen molar-refractivity contribution in [2.75, 3.05) is 26.2 Å². The zero-order valence-electron chi connectivity index (χ0n) is 32.4. The van der Waals surface area contributed by atoms with Gasteiger partial charge in [0, 0.05) is 42.2 Å². The standard InChI is InChI=1S/C45H43N7O5/c1-27-20-34(10-11-35(27)23-46)42-28(2)29(3)51(48-42)24-32-8-6-30(7-9-32)4-5-31-14-17-49(18-15-31)26-41(54)50-19-16-33-21-37-38(22-36(33)25-50)45(57)52(44(37)56)39-12-13-40(53)47-43(39)55/h6-11,20-22,31,39H,12-19,24-26H2,1-3H3,(H,47,53,55). The highest BCUT2D eigenvalue weighted by atomic mass is 16.2. The van der Waals surface area contributed by atoms with Crippen LogP contribution < -0.4 is 5.32 Å². The monoisotopic (exact) mass is 761 g/mol. The number of piperidine rings is 2. The third-order valence-electron chi connectivity index (χ3n) is 11.9. The van der Waals surface area contributed by atoms with Gasteiger partial charge in [-0.3, -0.25) is 43.8 Å². The van der Waals surface area contributed by atoms with Gasteiger partial charge in [-0.15, -0.1) is 0 Å². The van der Waals surface area contributed by atoms with Crippen LogP contribution in [0.2, 0.25) is 0 Å². The van der Waals surface area contributed by atoms with Gasteiger partial charge in [0.05, 0.1) is 41.5 Å². The third kappa shape index (κ3) is 7.37. The summed E-state index contributed by atoms with van der Waals surface area (Å²) >= 11 is 0. The fourth-order valence-electron chi connectivity index (χ4n) is 8.32. The summed E-state index contributed by atoms with van der Waals surface area (Å²) in [6, 6.07) is 18.8. The zero-order chi connectivity index (χ0) is 40.0. The Hall–Kier alpha value is -6.37. The molecule has 12 heteroatoms. The summed E-state index contributed by atoms with van der Waals surface area (Å²) in [5.41, 5.74) is 10.1. The fraction of sp³-hybridized carbons (Fsp3) is 0.356. The number of carbonyl (C=O) groups is 5. The minimum absolute atomic E-state index is 0.0272. The van der Waals surface area contributed by atoms with Gasteiger partial charge in [0.2, 0.25) is 17.7 Å². The lowest BCUT2D eigenvalue weighted by molar-refractivity contribution is -0.136. The molecule has 12 nitrogen and oxygen atoms in total. The predicted molar refractivity (Wildman–Crippen MR) is 210 cm³/mol. The van der Waals surface area contributed by atoms with E-state index in [1.165, 1.54) is 0 Å². The molecule has 4 aliphatic rings. The molecule has 5 heterocycles. The first-order valence-corrected chi connectivity index (χ1v) is 19.5. The number of aromatic nitrogens is 2. The largest absolute Gasteiger partial charge is 0.337 e. The minimum Gasteiger partial charge on any atom is -0.337 e. The minimum atomic E-state index is -1.01. The van der Waals surface area contributed by atoms with E-state index >= 15 is 0 Å². The number of rotatable bonds is 6. The molecule has 0 saturated carbocycles. The maximum atomic E-state index is 13.5. The van der Waals surface area contributed by atoms with Gasteiger partial charge in [0.15, 0.2) is 0 Å². The van der Waals surface area contributed by atoms with Gasteiger partial charge in [-0.2, -0.15) is 10.4 Å². The molecular formula is C45H43N7O5. The van der Waals surface area contributed by atoms with E-state index in [2.05, 4.69) is 66.2 Å². The first-order valence-electron chi connectivity index (χ1n) is 19.5. The molecule has 5 amide bonds. The number of aryl methyl sites for hydroxylation is 1. The molecule has 57 heavy (non-hydrogen) atoms. The third-order valence-corrected chi connectivity index (χ3v) is 11.9. The summed E-state index contributed by atoms with van der Waals surface area (Å²) in [6.45, 7) is 9.49. The molecule has 288 valence electrons. The van der Waals surface area contributed by atoms with Crippen LogP contribution in [0, 0.1) is 49.9 Å². The molecule has 4 aromatic rings. The highest BCUT2D eigenvalue weighted by molar-refractivity contribution is 6.23. The average molecular weight is 762 g/mol. The number of fused-ring (bicyclic) bond motifs is 2. The second kappa shape index (κ2) is 15.3. The van der Waals surface area contributed by atoms with Gasteiger partial charge in [-0.05, 0) is 124 Å². The number of nitrogens with zero attached hydrogens (tertiary/aromatic N) is 6. The normalized spacial score (nSPS) is 18.5. The molecule has 0 spiro atoms. The lowest BCUT2D eigenvalue weighted by Gasteiger charge is -2.33. The molecule has 0 radical (unpaired) electrons. The van der Waals surface area contributed by atoms with Crippen molar-refractivity contribution in [3.8, 4) is 29.2 Å². The average Bonchev–Trinajstić information content (AvgIpc) is 3.62. The van der Waals surface area contributed by atoms with Crippen LogP contribution in [-0.4, -0.2) is 86.2 Å². The van der Waals surface area contributed by atoms with Crippen molar-refractivity contribution in [1.29, 1.82) is 5.26 Å². The lowest BCUT2D eigenvalue weighted by Crippen LogP contribution is -2.54. The summed E-state index contributed by atoms with van der Waals surface area (Å²) < 4.78 is 2.03. The van der Waals surface area contributed by atoms with E-state index < -0.39 is 29.7 Å². The van der Waals surface area contributed by atoms with E-state index in [1.54, 1.807) is 12.1 Å². The Morgan fingerprint density at radius 1 is 0.877 bits per heavy atom. The molecule has 0 bridgehead atoms. The quantitative estimate of drug-likeness (QED) is 0.224. The van der Waals surface area contributed by atoms with Crippen molar-refractivity contribution in [3.05, 3.63) is 110 Å². The number of hydrogen-bond donors (Lipinski definition) is 1. The molecule has 1 unspecified atom stereocenters. The van der Waals surface area contributed by atoms with Crippen molar-refractivity contribution in [2.24, 2.45) is 5.92 Å². The fourth-order valence-corrected chi connectivity index (χ4v) is 8.32. The van der Waals surface area contributed by atoms with Gasteiger partial charge in [0.25, 0.3) is 11.8 Å². The summed E-state index contributed by atoms with van der Waals surface area (Å²) in [5, 5.41) is 16.5. The van der Waals surface area contributed by atoms with Crippen molar-refractivity contribution in [3.63, 3.8) is 0 Å². The van der Waals surface area contributed by atoms with Crippen LogP contribution in [0.15, 0.2) is 54.6 Å². The van der Waals surface area contributed by atoms with Crippen molar-refractivity contribution < 1.29 is 24.0 Å². The van der Waals surface area contributed by atoms with Gasteiger partial charge >= 0.3 is 0 Å². The van der Waals surface area contributed by atoms with Crippen molar-refractivity contribution in [1.82, 2.24) is 29.8 Å². The number of hydrogen-bond acceptors (Lipinski definition) is 8. The van der Waals surface area contributed by atoms with Gasteiger partial charge in [-0.25, -0.2) is 0 Å². The molecule has 3 aromatic carbocycles. The molecule has 1 atom stereocenters. The van der Waals surface area contributed by atoms with Crippen LogP contribution in [0.3, 0.4) is 0 Å². The Morgan fingerprint density at radius 2 is 1.60 bits per heavy atom. The summed E-state index contributed by atoms with van der Waals surface area (Å²) in [7, 11) is 0. The van der Waals surface area contributed by atoms with Gasteiger partial charge in [0.1, 0.15) is 6.04 Å². The van der Waals surface area contributed by atoms with Crippen molar-refractivity contribution in [2.45, 2.75) is 72.0 Å². The molecule has 2 fully saturated rings. The second-order valence-corrected chi connectivity index (χ2v) is 15.6. The Labute approximate surface area is 331 Å². The Balaban J connectivity index is 0.826. The maximum absolute atomic E-state index is 13.5. The zero-order valence-corrected chi connectivity index (χ0v) is 32.4. The van der Waals surface area contributed by atoms with Crippen LogP contribution in [0.25, 0.3) is 11.3 Å². The smallest absolute Gasteiger partial charge is 0.262 e. The highest BCUT2D eigenvalue weighted by Gasteiger charge is 2.45. The van der Waals surface area contributed by atoms with E-state index in [4.69, 9.17) is 5.10 Å². The topological polar surface area (TPSA) is 149 Å². The summed E-state index contributed by atoms with van der Waals surface area (Å²) in [6.07, 6.45) is 2.50. The van der Waals surface area contributed by atoms with Crippen LogP contribution in [0.4, 0.5) is 0 Å². The molecule has 4 aliphatic heterocycles. The molecular weight excluding hydrogens is 719 g/mol. The number of imide groups is 2. The van der Waals surface area contributed by atoms with Crippen LogP contribution in [0.5, 0.6) is 0 Å². The number of benzene rings is 3. The summed E-state index contributed by atoms with van der Waals surface area (Å²) in [5.74, 6) is 4.99. The van der Waals surface area contributed by atoms with E-state index in [0.717, 1.165) is 81.2 Å². The van der Waals surface area contributed by atoms with E-state index in [1.807, 2.05) is 34.7 Å². The molecule has 1 aromatic heterocycles. The molecule has 1 N–H and O–H groups in total. The van der Waals surface area contributed by atoms with Crippen molar-refractivity contribution >= 4 is 29.5 Å². The number of nitriles is 1. The van der Waals surface area contributed by atoms with Crippen LogP contribution in [0.1, 0.15) is 91.0 Å². The number of nitrogens with one attached hydrogen (secondary N) is 1. The Kier molecular flexibility index (Phi) is 10.1. The first kappa shape index (κ1) is 37.5. The van der Waals surface area contributed by atoms with Gasteiger partial charge in [-0.1, -0.05) is 30.0 Å². The second-order valence-electron chi connectivity index (χ2n) is 15.6. The Morgan fingerprint density at radius 3 is 2.28 bits per heavy atom. The van der Waals surface area contributed by atoms with E-state index in [0.29, 0.717) is 38.2 Å². The molecule has 2 saturated heterocycles. The Bertz CT molecular complexity index is 2460. The first-order chi connectivity index (χ1) is 27.5. The maximum Gasteiger partial charge on any atom is 0.262 e. The SMILES string of the molecule is Cc1cc(-c2nn(Cc3ccc(C#CC4CCN(CC(=O)N5CCc6cc7c(cc6C5)C(=O)N(C5CCC(=O)NC5=O)C7=O)CC4)cc3)c(C)c2C)ccc1C#N. The predicted octanol–water partition coefficient (Wildman–Crippen LogP) is 4.44. The number of carbonyl (C=O) groups excluding carboxylic acids is 5. The molecule has 0 aliphatic carbocycles. The van der Waals surface area contributed by atoms with Crippen LogP contribution >= 0.6 is 0 Å². The lowest BCUT2D eigenvalue weighted by atomic mass is 9.94. The number of likely N-dealkylation sites (tertiary alicyclic amines) is 1. The van der Waals surface area contributed by atoms with E-state index in [-0.39, 0.29) is 35.8 Å².